The number of hydrogen-bond acceptors (Lipinski definition) is 7. The standard InChI is InChI=1S/C28H33N3O4/c1-18-11-23-17-30(14-18)15-19(2)28(23)31(16-22-5-7-24(32-3)13-26(22)33-4)27(29-35-28)21-6-8-25-20(12-21)9-10-34-25/h5-10,12-13,18-19,23H,11,14-17H2,1-4H3. The van der Waals surface area contributed by atoms with Crippen LogP contribution in [-0.2, 0) is 11.4 Å². The van der Waals surface area contributed by atoms with Crippen molar-refractivity contribution in [2.75, 3.05) is 33.9 Å². The number of nitrogens with zero attached hydrogens (tertiary/aromatic N) is 3. The number of oxime groups is 1. The molecule has 184 valence electrons. The number of amidine groups is 1. The Morgan fingerprint density at radius 2 is 1.91 bits per heavy atom. The molecule has 4 heterocycles. The van der Waals surface area contributed by atoms with Crippen molar-refractivity contribution in [3.63, 3.8) is 0 Å². The third-order valence-electron chi connectivity index (χ3n) is 8.05. The molecular weight excluding hydrogens is 442 g/mol. The van der Waals surface area contributed by atoms with Gasteiger partial charge in [-0.1, -0.05) is 19.0 Å². The molecule has 7 nitrogen and oxygen atoms in total. The minimum Gasteiger partial charge on any atom is -0.497 e. The summed E-state index contributed by atoms with van der Waals surface area (Å²) in [6.45, 7) is 8.49. The predicted molar refractivity (Wildman–Crippen MR) is 135 cm³/mol. The van der Waals surface area contributed by atoms with Crippen LogP contribution in [0.2, 0.25) is 0 Å². The minimum absolute atomic E-state index is 0.289. The molecule has 1 spiro atoms. The van der Waals surface area contributed by atoms with E-state index in [1.54, 1.807) is 20.5 Å². The first-order chi connectivity index (χ1) is 17.0. The van der Waals surface area contributed by atoms with Gasteiger partial charge in [0.1, 0.15) is 17.1 Å². The van der Waals surface area contributed by atoms with Gasteiger partial charge in [-0.15, -0.1) is 0 Å². The molecule has 3 aliphatic rings. The first-order valence-electron chi connectivity index (χ1n) is 12.5. The largest absolute Gasteiger partial charge is 0.497 e. The van der Waals surface area contributed by atoms with E-state index in [0.717, 1.165) is 65.5 Å². The van der Waals surface area contributed by atoms with Crippen LogP contribution in [0.5, 0.6) is 11.5 Å². The van der Waals surface area contributed by atoms with Crippen LogP contribution in [0.3, 0.4) is 0 Å². The smallest absolute Gasteiger partial charge is 0.219 e. The first kappa shape index (κ1) is 22.3. The lowest BCUT2D eigenvalue weighted by atomic mass is 9.72. The van der Waals surface area contributed by atoms with Crippen LogP contribution in [0.15, 0.2) is 58.3 Å². The van der Waals surface area contributed by atoms with Gasteiger partial charge in [0, 0.05) is 54.0 Å². The molecule has 0 N–H and O–H groups in total. The van der Waals surface area contributed by atoms with Crippen molar-refractivity contribution in [3.8, 4) is 11.5 Å². The molecule has 2 saturated heterocycles. The van der Waals surface area contributed by atoms with E-state index in [4.69, 9.17) is 23.9 Å². The summed E-state index contributed by atoms with van der Waals surface area (Å²) in [7, 11) is 3.38. The molecule has 7 heteroatoms. The molecule has 1 aromatic heterocycles. The highest BCUT2D eigenvalue weighted by Gasteiger charge is 2.60. The lowest BCUT2D eigenvalue weighted by Gasteiger charge is -2.55. The van der Waals surface area contributed by atoms with E-state index in [9.17, 15) is 0 Å². The van der Waals surface area contributed by atoms with Crippen molar-refractivity contribution in [2.24, 2.45) is 22.9 Å². The number of rotatable bonds is 5. The average Bonchev–Trinajstić information content (AvgIpc) is 3.48. The number of ether oxygens (including phenoxy) is 2. The summed E-state index contributed by atoms with van der Waals surface area (Å²) in [6, 6.07) is 14.2. The van der Waals surface area contributed by atoms with Crippen LogP contribution in [0.4, 0.5) is 0 Å². The third-order valence-corrected chi connectivity index (χ3v) is 8.05. The second kappa shape index (κ2) is 8.48. The van der Waals surface area contributed by atoms with Gasteiger partial charge in [0.2, 0.25) is 5.72 Å². The van der Waals surface area contributed by atoms with Gasteiger partial charge in [0.25, 0.3) is 0 Å². The second-order valence-corrected chi connectivity index (χ2v) is 10.4. The van der Waals surface area contributed by atoms with E-state index in [2.05, 4.69) is 41.8 Å². The Morgan fingerprint density at radius 3 is 2.74 bits per heavy atom. The van der Waals surface area contributed by atoms with Crippen LogP contribution in [0, 0.1) is 17.8 Å². The number of fused-ring (bicyclic) bond motifs is 4. The highest BCUT2D eigenvalue weighted by atomic mass is 16.7. The molecule has 5 atom stereocenters. The zero-order chi connectivity index (χ0) is 24.2. The van der Waals surface area contributed by atoms with E-state index in [1.165, 1.54) is 0 Å². The van der Waals surface area contributed by atoms with Gasteiger partial charge < -0.3 is 28.5 Å². The van der Waals surface area contributed by atoms with Crippen molar-refractivity contribution in [3.05, 3.63) is 59.9 Å². The van der Waals surface area contributed by atoms with Gasteiger partial charge in [-0.2, -0.15) is 0 Å². The Labute approximate surface area is 206 Å². The number of hydrogen-bond donors (Lipinski definition) is 0. The van der Waals surface area contributed by atoms with Gasteiger partial charge in [-0.25, -0.2) is 0 Å². The van der Waals surface area contributed by atoms with Crippen LogP contribution < -0.4 is 9.47 Å². The summed E-state index contributed by atoms with van der Waals surface area (Å²) in [5.41, 5.74) is 2.47. The molecule has 3 aliphatic heterocycles. The zero-order valence-corrected chi connectivity index (χ0v) is 20.9. The zero-order valence-electron chi connectivity index (χ0n) is 20.9. The van der Waals surface area contributed by atoms with E-state index in [-0.39, 0.29) is 5.92 Å². The molecule has 6 rings (SSSR count). The molecule has 2 aromatic carbocycles. The Morgan fingerprint density at radius 1 is 1.03 bits per heavy atom. The van der Waals surface area contributed by atoms with E-state index < -0.39 is 5.72 Å². The van der Waals surface area contributed by atoms with Crippen molar-refractivity contribution >= 4 is 16.8 Å². The van der Waals surface area contributed by atoms with E-state index in [0.29, 0.717) is 18.4 Å². The number of furan rings is 1. The molecule has 0 saturated carbocycles. The normalized spacial score (nSPS) is 29.8. The van der Waals surface area contributed by atoms with Crippen molar-refractivity contribution in [2.45, 2.75) is 32.5 Å². The predicted octanol–water partition coefficient (Wildman–Crippen LogP) is 4.95. The Kier molecular flexibility index (Phi) is 5.40. The van der Waals surface area contributed by atoms with Gasteiger partial charge in [-0.3, -0.25) is 0 Å². The summed E-state index contributed by atoms with van der Waals surface area (Å²) >= 11 is 0. The summed E-state index contributed by atoms with van der Waals surface area (Å²) in [5.74, 6) is 3.73. The van der Waals surface area contributed by atoms with Gasteiger partial charge in [-0.05, 0) is 48.7 Å². The van der Waals surface area contributed by atoms with Gasteiger partial charge >= 0.3 is 0 Å². The molecular formula is C28H33N3O4. The van der Waals surface area contributed by atoms with E-state index in [1.807, 2.05) is 24.3 Å². The highest BCUT2D eigenvalue weighted by molar-refractivity contribution is 6.02. The SMILES string of the molecule is COc1ccc(CN2C(c3ccc4occc4c3)=NOC23C(C)CN2CC(C)CC3C2)c(OC)c1. The molecule has 0 radical (unpaired) electrons. The van der Waals surface area contributed by atoms with Gasteiger partial charge in [0.05, 0.1) is 27.0 Å². The fraction of sp³-hybridized carbons (Fsp3) is 0.464. The fourth-order valence-electron chi connectivity index (χ4n) is 6.53. The molecule has 0 aliphatic carbocycles. The van der Waals surface area contributed by atoms with Gasteiger partial charge in [0.15, 0.2) is 5.84 Å². The highest BCUT2D eigenvalue weighted by Crippen LogP contribution is 2.49. The van der Waals surface area contributed by atoms with Crippen LogP contribution in [-0.4, -0.2) is 55.2 Å². The van der Waals surface area contributed by atoms with Crippen LogP contribution in [0.1, 0.15) is 31.4 Å². The maximum atomic E-state index is 6.59. The van der Waals surface area contributed by atoms with Crippen molar-refractivity contribution in [1.82, 2.24) is 9.80 Å². The summed E-state index contributed by atoms with van der Waals surface area (Å²) < 4.78 is 16.8. The van der Waals surface area contributed by atoms with Crippen LogP contribution in [0.25, 0.3) is 11.0 Å². The van der Waals surface area contributed by atoms with Crippen LogP contribution >= 0.6 is 0 Å². The third kappa shape index (κ3) is 3.56. The quantitative estimate of drug-likeness (QED) is 0.521. The number of benzene rings is 2. The molecule has 3 aromatic rings. The summed E-state index contributed by atoms with van der Waals surface area (Å²) in [6.07, 6.45) is 2.85. The lowest BCUT2D eigenvalue weighted by Crippen LogP contribution is -2.67. The Bertz CT molecular complexity index is 1270. The minimum atomic E-state index is -0.503. The molecule has 2 bridgehead atoms. The first-order valence-corrected chi connectivity index (χ1v) is 12.5. The fourth-order valence-corrected chi connectivity index (χ4v) is 6.53. The Balaban J connectivity index is 1.45. The maximum absolute atomic E-state index is 6.59. The molecule has 2 fully saturated rings. The lowest BCUT2D eigenvalue weighted by molar-refractivity contribution is -0.218. The molecule has 5 unspecified atom stereocenters. The average molecular weight is 476 g/mol. The summed E-state index contributed by atoms with van der Waals surface area (Å²) in [4.78, 5) is 11.6. The molecule has 35 heavy (non-hydrogen) atoms. The second-order valence-electron chi connectivity index (χ2n) is 10.4. The van der Waals surface area contributed by atoms with Crippen molar-refractivity contribution < 1.29 is 18.7 Å². The maximum Gasteiger partial charge on any atom is 0.219 e. The monoisotopic (exact) mass is 475 g/mol. The summed E-state index contributed by atoms with van der Waals surface area (Å²) in [5, 5.41) is 5.85. The molecule has 0 amide bonds. The topological polar surface area (TPSA) is 59.7 Å². The van der Waals surface area contributed by atoms with Crippen molar-refractivity contribution in [1.29, 1.82) is 0 Å². The van der Waals surface area contributed by atoms with E-state index >= 15 is 0 Å². The Hall–Kier alpha value is -3.19. The number of methoxy groups -OCH3 is 2. The number of piperidine rings is 2.